The van der Waals surface area contributed by atoms with Gasteiger partial charge in [0.05, 0.1) is 27.6 Å². The van der Waals surface area contributed by atoms with Gasteiger partial charge in [0.25, 0.3) is 5.91 Å². The quantitative estimate of drug-likeness (QED) is 0.361. The van der Waals surface area contributed by atoms with Crippen molar-refractivity contribution < 1.29 is 24.5 Å². The van der Waals surface area contributed by atoms with Crippen LogP contribution in [0.4, 0.5) is 0 Å². The van der Waals surface area contributed by atoms with Crippen LogP contribution in [0.5, 0.6) is 0 Å². The molecular weight excluding hydrogens is 434 g/mol. The Hall–Kier alpha value is -3.43. The number of amides is 1. The fraction of sp³-hybridized carbons (Fsp3) is 0.269. The van der Waals surface area contributed by atoms with Crippen molar-refractivity contribution in [3.63, 3.8) is 0 Å². The number of aromatic nitrogens is 2. The maximum atomic E-state index is 13.2. The lowest BCUT2D eigenvalue weighted by Crippen LogP contribution is -2.53. The molecule has 0 saturated carbocycles. The minimum absolute atomic E-state index is 0.0971. The second-order valence-electron chi connectivity index (χ2n) is 9.36. The van der Waals surface area contributed by atoms with E-state index in [-0.39, 0.29) is 5.91 Å². The summed E-state index contributed by atoms with van der Waals surface area (Å²) in [7, 11) is 1.52. The number of carbonyl (C=O) groups is 1. The van der Waals surface area contributed by atoms with Crippen molar-refractivity contribution in [2.24, 2.45) is 0 Å². The number of carbonyl (C=O) groups excluding carboxylic acids is 1. The topological polar surface area (TPSA) is 97.9 Å². The van der Waals surface area contributed by atoms with Gasteiger partial charge in [-0.05, 0) is 17.7 Å². The molecular formula is C26H21N3O5. The molecule has 3 aliphatic heterocycles. The third-order valence-electron chi connectivity index (χ3n) is 7.87. The number of aliphatic hydroxyl groups excluding tert-OH is 2. The molecule has 8 heteroatoms. The van der Waals surface area contributed by atoms with Crippen molar-refractivity contribution in [2.45, 2.75) is 37.3 Å². The number of ether oxygens (including phenoxy) is 2. The first-order chi connectivity index (χ1) is 16.6. The monoisotopic (exact) mass is 455 g/mol. The molecule has 3 aliphatic rings. The predicted molar refractivity (Wildman–Crippen MR) is 126 cm³/mol. The summed E-state index contributed by atoms with van der Waals surface area (Å²) < 4.78 is 16.3. The zero-order valence-corrected chi connectivity index (χ0v) is 18.2. The van der Waals surface area contributed by atoms with Gasteiger partial charge in [-0.3, -0.25) is 4.79 Å². The van der Waals surface area contributed by atoms with E-state index in [0.717, 1.165) is 49.2 Å². The molecule has 3 aromatic carbocycles. The number of methoxy groups -OCH3 is 1. The highest BCUT2D eigenvalue weighted by Gasteiger charge is 2.50. The van der Waals surface area contributed by atoms with Crippen LogP contribution < -0.4 is 5.32 Å². The molecule has 8 rings (SSSR count). The van der Waals surface area contributed by atoms with Crippen molar-refractivity contribution in [2.75, 3.05) is 7.11 Å². The summed E-state index contributed by atoms with van der Waals surface area (Å²) in [5.74, 6) is -0.0971. The van der Waals surface area contributed by atoms with Gasteiger partial charge in [-0.2, -0.15) is 0 Å². The predicted octanol–water partition coefficient (Wildman–Crippen LogP) is 2.92. The second kappa shape index (κ2) is 6.17. The molecule has 0 unspecified atom stereocenters. The maximum Gasteiger partial charge on any atom is 0.252 e. The summed E-state index contributed by atoms with van der Waals surface area (Å²) in [5.41, 5.74) is 5.18. The van der Waals surface area contributed by atoms with Gasteiger partial charge in [-0.1, -0.05) is 36.4 Å². The summed E-state index contributed by atoms with van der Waals surface area (Å²) in [4.78, 5) is 13.2. The van der Waals surface area contributed by atoms with Crippen LogP contribution in [0, 0.1) is 0 Å². The normalized spacial score (nSPS) is 27.7. The third-order valence-corrected chi connectivity index (χ3v) is 7.87. The average Bonchev–Trinajstić information content (AvgIpc) is 3.47. The van der Waals surface area contributed by atoms with Crippen LogP contribution in [0.1, 0.15) is 28.4 Å². The van der Waals surface area contributed by atoms with Gasteiger partial charge in [-0.25, -0.2) is 0 Å². The number of hydrogen-bond acceptors (Lipinski definition) is 5. The Labute approximate surface area is 192 Å². The first-order valence-corrected chi connectivity index (χ1v) is 11.4. The summed E-state index contributed by atoms with van der Waals surface area (Å²) >= 11 is 0. The minimum Gasteiger partial charge on any atom is -0.387 e. The van der Waals surface area contributed by atoms with E-state index in [0.29, 0.717) is 12.1 Å². The number of nitrogens with one attached hydrogen (secondary N) is 1. The van der Waals surface area contributed by atoms with E-state index in [1.165, 1.54) is 7.11 Å². The molecule has 8 nitrogen and oxygen atoms in total. The number of hydrogen-bond donors (Lipinski definition) is 3. The highest BCUT2D eigenvalue weighted by molar-refractivity contribution is 6.30. The molecule has 2 aromatic heterocycles. The van der Waals surface area contributed by atoms with Crippen molar-refractivity contribution in [1.29, 1.82) is 0 Å². The van der Waals surface area contributed by atoms with Crippen LogP contribution >= 0.6 is 0 Å². The zero-order chi connectivity index (χ0) is 22.9. The zero-order valence-electron chi connectivity index (χ0n) is 18.2. The van der Waals surface area contributed by atoms with E-state index in [9.17, 15) is 15.0 Å². The average molecular weight is 455 g/mol. The van der Waals surface area contributed by atoms with E-state index in [4.69, 9.17) is 9.47 Å². The lowest BCUT2D eigenvalue weighted by atomic mass is 9.97. The molecule has 5 heterocycles. The Kier molecular flexibility index (Phi) is 3.43. The van der Waals surface area contributed by atoms with Gasteiger partial charge in [0.2, 0.25) is 0 Å². The summed E-state index contributed by atoms with van der Waals surface area (Å²) in [6.07, 6.45) is -4.66. The smallest absolute Gasteiger partial charge is 0.252 e. The van der Waals surface area contributed by atoms with Crippen LogP contribution in [-0.2, 0) is 16.0 Å². The lowest BCUT2D eigenvalue weighted by Gasteiger charge is -2.42. The highest BCUT2D eigenvalue weighted by atomic mass is 16.6. The highest BCUT2D eigenvalue weighted by Crippen LogP contribution is 2.51. The van der Waals surface area contributed by atoms with Crippen molar-refractivity contribution in [1.82, 2.24) is 14.5 Å². The SMILES string of the molecule is CO[C@@H]1[C@@H](O)[C@@H](O)[C@H]2O[C@@H]1n1c3ccccc3c3c4c(c5c6ccccc6n2c5c31)C(=O)NC4. The molecule has 1 fully saturated rings. The number of nitrogens with zero attached hydrogens (tertiary/aromatic N) is 2. The number of para-hydroxylation sites is 2. The van der Waals surface area contributed by atoms with Crippen molar-refractivity contribution >= 4 is 49.5 Å². The van der Waals surface area contributed by atoms with Crippen LogP contribution in [0.2, 0.25) is 0 Å². The molecule has 0 radical (unpaired) electrons. The first kappa shape index (κ1) is 18.9. The number of rotatable bonds is 1. The van der Waals surface area contributed by atoms with Gasteiger partial charge in [0.1, 0.15) is 18.3 Å². The first-order valence-electron chi connectivity index (χ1n) is 11.4. The lowest BCUT2D eigenvalue weighted by molar-refractivity contribution is -0.267. The Morgan fingerprint density at radius 2 is 1.53 bits per heavy atom. The van der Waals surface area contributed by atoms with Gasteiger partial charge >= 0.3 is 0 Å². The molecule has 2 bridgehead atoms. The van der Waals surface area contributed by atoms with Crippen molar-refractivity contribution in [3.05, 3.63) is 59.7 Å². The van der Waals surface area contributed by atoms with E-state index in [1.54, 1.807) is 0 Å². The Morgan fingerprint density at radius 1 is 0.912 bits per heavy atom. The summed E-state index contributed by atoms with van der Waals surface area (Å²) in [6.45, 7) is 0.446. The van der Waals surface area contributed by atoms with E-state index < -0.39 is 30.8 Å². The largest absolute Gasteiger partial charge is 0.387 e. The molecule has 0 spiro atoms. The van der Waals surface area contributed by atoms with Gasteiger partial charge in [-0.15, -0.1) is 0 Å². The van der Waals surface area contributed by atoms with E-state index in [1.807, 2.05) is 47.0 Å². The Bertz CT molecular complexity index is 1720. The minimum atomic E-state index is -1.21. The van der Waals surface area contributed by atoms with Gasteiger partial charge < -0.3 is 34.1 Å². The second-order valence-corrected chi connectivity index (χ2v) is 9.36. The Balaban J connectivity index is 1.73. The third kappa shape index (κ3) is 1.95. The number of aliphatic hydroxyl groups is 2. The van der Waals surface area contributed by atoms with E-state index in [2.05, 4.69) is 16.0 Å². The van der Waals surface area contributed by atoms with Crippen LogP contribution in [0.3, 0.4) is 0 Å². The van der Waals surface area contributed by atoms with Crippen LogP contribution in [0.15, 0.2) is 48.5 Å². The maximum absolute atomic E-state index is 13.2. The molecule has 170 valence electrons. The molecule has 34 heavy (non-hydrogen) atoms. The van der Waals surface area contributed by atoms with E-state index >= 15 is 0 Å². The van der Waals surface area contributed by atoms with Crippen molar-refractivity contribution in [3.8, 4) is 0 Å². The van der Waals surface area contributed by atoms with Gasteiger partial charge in [0, 0.05) is 35.2 Å². The molecule has 5 aromatic rings. The fourth-order valence-electron chi connectivity index (χ4n) is 6.55. The van der Waals surface area contributed by atoms with Crippen LogP contribution in [-0.4, -0.2) is 50.7 Å². The van der Waals surface area contributed by atoms with Gasteiger partial charge in [0.15, 0.2) is 12.5 Å². The fourth-order valence-corrected chi connectivity index (χ4v) is 6.55. The summed E-state index contributed by atoms with van der Waals surface area (Å²) in [6, 6.07) is 15.9. The molecule has 0 aliphatic carbocycles. The molecule has 1 amide bonds. The number of fused-ring (bicyclic) bond motifs is 13. The molecule has 5 atom stereocenters. The molecule has 3 N–H and O–H groups in total. The Morgan fingerprint density at radius 3 is 2.24 bits per heavy atom. The standard InChI is InChI=1S/C26H21N3O5/c1-33-23-21(30)22(31)25-28-15-9-5-3-7-12(15)17-18-13(10-27-24(18)32)16-11-6-2-4-8-14(11)29(26(23)34-25)19(16)20(17)28/h2-9,21-23,25-26,30-31H,10H2,1H3,(H,27,32)/t21-,22+,23+,25+,26-/m0/s1. The number of benzene rings is 3. The summed E-state index contributed by atoms with van der Waals surface area (Å²) in [5, 5.41) is 29.2. The molecule has 1 saturated heterocycles. The van der Waals surface area contributed by atoms with Crippen LogP contribution in [0.25, 0.3) is 43.6 Å².